The van der Waals surface area contributed by atoms with Gasteiger partial charge in [0, 0.05) is 43.6 Å². The van der Waals surface area contributed by atoms with Crippen molar-refractivity contribution in [2.24, 2.45) is 0 Å². The Balaban J connectivity index is 1.57. The molecular formula is C16H18N6OS. The molecule has 8 heteroatoms. The minimum atomic E-state index is -0.152. The van der Waals surface area contributed by atoms with Gasteiger partial charge in [-0.1, -0.05) is 0 Å². The maximum atomic E-state index is 12.5. The van der Waals surface area contributed by atoms with Crippen LogP contribution in [0, 0.1) is 0 Å². The molecule has 0 bridgehead atoms. The van der Waals surface area contributed by atoms with Crippen LogP contribution in [0.25, 0.3) is 4.96 Å². The third kappa shape index (κ3) is 2.62. The molecule has 24 heavy (non-hydrogen) atoms. The first kappa shape index (κ1) is 15.1. The van der Waals surface area contributed by atoms with E-state index in [-0.39, 0.29) is 11.9 Å². The molecule has 1 N–H and O–H groups in total. The fourth-order valence-electron chi connectivity index (χ4n) is 2.97. The summed E-state index contributed by atoms with van der Waals surface area (Å²) in [5.41, 5.74) is 2.48. The molecule has 4 rings (SSSR count). The average molecular weight is 342 g/mol. The third-order valence-electron chi connectivity index (χ3n) is 4.20. The van der Waals surface area contributed by atoms with E-state index in [1.54, 1.807) is 6.20 Å². The molecular weight excluding hydrogens is 324 g/mol. The van der Waals surface area contributed by atoms with Crippen LogP contribution in [-0.2, 0) is 6.42 Å². The topological polar surface area (TPSA) is 75.4 Å². The highest BCUT2D eigenvalue weighted by Gasteiger charge is 2.25. The second-order valence-electron chi connectivity index (χ2n) is 6.10. The van der Waals surface area contributed by atoms with Crippen molar-refractivity contribution in [3.63, 3.8) is 0 Å². The van der Waals surface area contributed by atoms with Gasteiger partial charge in [0.1, 0.15) is 5.69 Å². The molecule has 0 saturated carbocycles. The number of aryl methyl sites for hydroxylation is 1. The van der Waals surface area contributed by atoms with Gasteiger partial charge in [-0.2, -0.15) is 0 Å². The van der Waals surface area contributed by atoms with Crippen LogP contribution in [0.15, 0.2) is 24.0 Å². The molecule has 1 aliphatic carbocycles. The fraction of sp³-hybridized carbons (Fsp3) is 0.375. The predicted molar refractivity (Wildman–Crippen MR) is 92.6 cm³/mol. The summed E-state index contributed by atoms with van der Waals surface area (Å²) < 4.78 is 1.86. The molecule has 3 aromatic rings. The van der Waals surface area contributed by atoms with Crippen molar-refractivity contribution in [2.45, 2.75) is 25.3 Å². The number of rotatable bonds is 3. The maximum Gasteiger partial charge on any atom is 0.272 e. The lowest BCUT2D eigenvalue weighted by molar-refractivity contribution is 0.0928. The number of aromatic nitrogens is 4. The van der Waals surface area contributed by atoms with E-state index in [1.807, 2.05) is 41.2 Å². The molecule has 0 fully saturated rings. The van der Waals surface area contributed by atoms with Gasteiger partial charge in [-0.15, -0.1) is 11.3 Å². The molecule has 1 unspecified atom stereocenters. The van der Waals surface area contributed by atoms with Crippen molar-refractivity contribution in [1.82, 2.24) is 24.7 Å². The predicted octanol–water partition coefficient (Wildman–Crippen LogP) is 2.06. The van der Waals surface area contributed by atoms with Crippen LogP contribution < -0.4 is 10.2 Å². The lowest BCUT2D eigenvalue weighted by Crippen LogP contribution is -2.32. The largest absolute Gasteiger partial charge is 0.347 e. The summed E-state index contributed by atoms with van der Waals surface area (Å²) in [6.07, 6.45) is 8.32. The summed E-state index contributed by atoms with van der Waals surface area (Å²) in [5.74, 6) is 0.551. The SMILES string of the molecule is CN(C)c1ncc2c(n1)CCCC2NC(=O)c1cn2ccsc2n1. The van der Waals surface area contributed by atoms with E-state index in [1.165, 1.54) is 11.3 Å². The summed E-state index contributed by atoms with van der Waals surface area (Å²) in [7, 11) is 3.85. The number of anilines is 1. The Morgan fingerprint density at radius 1 is 1.42 bits per heavy atom. The van der Waals surface area contributed by atoms with Gasteiger partial charge < -0.3 is 10.2 Å². The van der Waals surface area contributed by atoms with Crippen LogP contribution in [0.3, 0.4) is 0 Å². The lowest BCUT2D eigenvalue weighted by Gasteiger charge is -2.26. The first-order valence-corrected chi connectivity index (χ1v) is 8.76. The fourth-order valence-corrected chi connectivity index (χ4v) is 3.67. The summed E-state index contributed by atoms with van der Waals surface area (Å²) in [4.78, 5) is 28.6. The van der Waals surface area contributed by atoms with E-state index in [0.29, 0.717) is 11.6 Å². The van der Waals surface area contributed by atoms with Crippen LogP contribution in [0.2, 0.25) is 0 Å². The van der Waals surface area contributed by atoms with Crippen LogP contribution in [0.5, 0.6) is 0 Å². The maximum absolute atomic E-state index is 12.5. The molecule has 1 atom stereocenters. The van der Waals surface area contributed by atoms with Crippen molar-refractivity contribution >= 4 is 28.2 Å². The van der Waals surface area contributed by atoms with Gasteiger partial charge in [0.05, 0.1) is 11.7 Å². The molecule has 0 aromatic carbocycles. The number of nitrogens with zero attached hydrogens (tertiary/aromatic N) is 5. The van der Waals surface area contributed by atoms with Gasteiger partial charge in [-0.25, -0.2) is 15.0 Å². The second kappa shape index (κ2) is 5.86. The smallest absolute Gasteiger partial charge is 0.272 e. The standard InChI is InChI=1S/C16H18N6OS/c1-21(2)15-17-8-10-11(4-3-5-12(10)19-15)18-14(23)13-9-22-6-7-24-16(22)20-13/h6-9,11H,3-5H2,1-2H3,(H,18,23). The Hall–Kier alpha value is -2.48. The minimum Gasteiger partial charge on any atom is -0.347 e. The summed E-state index contributed by atoms with van der Waals surface area (Å²) in [5, 5.41) is 5.03. The number of carbonyl (C=O) groups is 1. The van der Waals surface area contributed by atoms with Crippen molar-refractivity contribution in [2.75, 3.05) is 19.0 Å². The molecule has 0 saturated heterocycles. The zero-order valence-corrected chi connectivity index (χ0v) is 14.4. The highest BCUT2D eigenvalue weighted by molar-refractivity contribution is 7.15. The van der Waals surface area contributed by atoms with Gasteiger partial charge in [0.25, 0.3) is 5.91 Å². The van der Waals surface area contributed by atoms with E-state index < -0.39 is 0 Å². The average Bonchev–Trinajstić information content (AvgIpc) is 3.16. The summed E-state index contributed by atoms with van der Waals surface area (Å²) in [6, 6.07) is -0.0582. The summed E-state index contributed by atoms with van der Waals surface area (Å²) >= 11 is 1.51. The van der Waals surface area contributed by atoms with Gasteiger partial charge >= 0.3 is 0 Å². The van der Waals surface area contributed by atoms with Crippen LogP contribution in [0.4, 0.5) is 5.95 Å². The number of amides is 1. The molecule has 0 spiro atoms. The zero-order valence-electron chi connectivity index (χ0n) is 13.6. The number of hydrogen-bond donors (Lipinski definition) is 1. The first-order chi connectivity index (χ1) is 11.6. The number of nitrogens with one attached hydrogen (secondary N) is 1. The molecule has 1 aliphatic rings. The molecule has 7 nitrogen and oxygen atoms in total. The van der Waals surface area contributed by atoms with Crippen LogP contribution in [0.1, 0.15) is 40.6 Å². The molecule has 124 valence electrons. The van der Waals surface area contributed by atoms with Gasteiger partial charge in [0.2, 0.25) is 5.95 Å². The molecule has 0 radical (unpaired) electrons. The molecule has 3 aromatic heterocycles. The highest BCUT2D eigenvalue weighted by Crippen LogP contribution is 2.29. The number of carbonyl (C=O) groups excluding carboxylic acids is 1. The number of hydrogen-bond acceptors (Lipinski definition) is 6. The highest BCUT2D eigenvalue weighted by atomic mass is 32.1. The van der Waals surface area contributed by atoms with E-state index in [4.69, 9.17) is 0 Å². The monoisotopic (exact) mass is 342 g/mol. The minimum absolute atomic E-state index is 0.0582. The van der Waals surface area contributed by atoms with E-state index in [0.717, 1.165) is 35.5 Å². The first-order valence-electron chi connectivity index (χ1n) is 7.88. The second-order valence-corrected chi connectivity index (χ2v) is 6.98. The van der Waals surface area contributed by atoms with Crippen LogP contribution in [-0.4, -0.2) is 39.4 Å². The van der Waals surface area contributed by atoms with Gasteiger partial charge in [-0.05, 0) is 19.3 Å². The third-order valence-corrected chi connectivity index (χ3v) is 4.97. The Bertz CT molecular complexity index is 870. The van der Waals surface area contributed by atoms with Gasteiger partial charge in [-0.3, -0.25) is 9.20 Å². The Morgan fingerprint density at radius 2 is 2.29 bits per heavy atom. The van der Waals surface area contributed by atoms with Gasteiger partial charge in [0.15, 0.2) is 4.96 Å². The summed E-state index contributed by atoms with van der Waals surface area (Å²) in [6.45, 7) is 0. The van der Waals surface area contributed by atoms with Crippen LogP contribution >= 0.6 is 11.3 Å². The Morgan fingerprint density at radius 3 is 3.08 bits per heavy atom. The quantitative estimate of drug-likeness (QED) is 0.788. The normalized spacial score (nSPS) is 16.8. The molecule has 1 amide bonds. The molecule has 0 aliphatic heterocycles. The Labute approximate surface area is 143 Å². The van der Waals surface area contributed by atoms with Crippen molar-refractivity contribution in [1.29, 1.82) is 0 Å². The number of thiazole rings is 1. The lowest BCUT2D eigenvalue weighted by atomic mass is 9.92. The van der Waals surface area contributed by atoms with Crippen molar-refractivity contribution in [3.8, 4) is 0 Å². The van der Waals surface area contributed by atoms with Crippen molar-refractivity contribution in [3.05, 3.63) is 40.9 Å². The van der Waals surface area contributed by atoms with E-state index in [2.05, 4.69) is 20.3 Å². The number of imidazole rings is 1. The molecule has 3 heterocycles. The zero-order chi connectivity index (χ0) is 16.7. The van der Waals surface area contributed by atoms with Crippen molar-refractivity contribution < 1.29 is 4.79 Å². The Kier molecular flexibility index (Phi) is 3.68. The van der Waals surface area contributed by atoms with E-state index in [9.17, 15) is 4.79 Å². The number of fused-ring (bicyclic) bond motifs is 2. The van der Waals surface area contributed by atoms with E-state index >= 15 is 0 Å².